The van der Waals surface area contributed by atoms with Crippen molar-refractivity contribution in [2.45, 2.75) is 13.1 Å². The first-order valence-corrected chi connectivity index (χ1v) is 10.3. The highest BCUT2D eigenvalue weighted by Gasteiger charge is 2.31. The SMILES string of the molecule is Cc1ccccc1C(=O)Oc1ccccc1/C=N/NC(=O)C(=O)Nc1cc(C(F)(F)F)ccc1Cl. The zero-order chi connectivity index (χ0) is 25.6. The van der Waals surface area contributed by atoms with Crippen molar-refractivity contribution in [3.05, 3.63) is 94.0 Å². The van der Waals surface area contributed by atoms with E-state index in [4.69, 9.17) is 16.3 Å². The highest BCUT2D eigenvalue weighted by atomic mass is 35.5. The number of aryl methyl sites for hydroxylation is 1. The second-order valence-electron chi connectivity index (χ2n) is 7.09. The first-order chi connectivity index (χ1) is 16.6. The van der Waals surface area contributed by atoms with E-state index in [9.17, 15) is 27.6 Å². The van der Waals surface area contributed by atoms with E-state index in [2.05, 4.69) is 5.10 Å². The van der Waals surface area contributed by atoms with Crippen molar-refractivity contribution in [2.75, 3.05) is 5.32 Å². The molecule has 0 aliphatic heterocycles. The lowest BCUT2D eigenvalue weighted by Crippen LogP contribution is -2.32. The van der Waals surface area contributed by atoms with Crippen LogP contribution < -0.4 is 15.5 Å². The zero-order valence-electron chi connectivity index (χ0n) is 18.0. The predicted octanol–water partition coefficient (Wildman–Crippen LogP) is 4.98. The average molecular weight is 504 g/mol. The number of halogens is 4. The van der Waals surface area contributed by atoms with Gasteiger partial charge in [-0.15, -0.1) is 0 Å². The summed E-state index contributed by atoms with van der Waals surface area (Å²) in [5, 5.41) is 5.47. The number of anilines is 1. The number of carbonyl (C=O) groups is 3. The molecule has 3 aromatic rings. The average Bonchev–Trinajstić information content (AvgIpc) is 2.81. The monoisotopic (exact) mass is 503 g/mol. The molecular formula is C24H17ClF3N3O4. The number of nitrogens with one attached hydrogen (secondary N) is 2. The van der Waals surface area contributed by atoms with E-state index in [1.165, 1.54) is 6.07 Å². The van der Waals surface area contributed by atoms with E-state index in [1.807, 2.05) is 10.7 Å². The minimum atomic E-state index is -4.66. The molecule has 0 unspecified atom stereocenters. The van der Waals surface area contributed by atoms with Gasteiger partial charge >= 0.3 is 24.0 Å². The number of rotatable bonds is 5. The van der Waals surface area contributed by atoms with Crippen molar-refractivity contribution in [3.8, 4) is 5.75 Å². The molecule has 3 aromatic carbocycles. The smallest absolute Gasteiger partial charge is 0.416 e. The molecule has 0 atom stereocenters. The first-order valence-electron chi connectivity index (χ1n) is 9.94. The van der Waals surface area contributed by atoms with Gasteiger partial charge in [0.05, 0.1) is 28.1 Å². The first kappa shape index (κ1) is 25.4. The molecular weight excluding hydrogens is 487 g/mol. The summed E-state index contributed by atoms with van der Waals surface area (Å²) in [7, 11) is 0. The number of hydrazone groups is 1. The minimum absolute atomic E-state index is 0.152. The number of hydrogen-bond acceptors (Lipinski definition) is 5. The topological polar surface area (TPSA) is 96.9 Å². The van der Waals surface area contributed by atoms with E-state index in [0.717, 1.165) is 23.9 Å². The normalized spacial score (nSPS) is 11.2. The maximum Gasteiger partial charge on any atom is 0.416 e. The van der Waals surface area contributed by atoms with Gasteiger partial charge in [-0.2, -0.15) is 18.3 Å². The molecule has 0 fully saturated rings. The van der Waals surface area contributed by atoms with Gasteiger partial charge < -0.3 is 10.1 Å². The van der Waals surface area contributed by atoms with Crippen LogP contribution in [0.2, 0.25) is 5.02 Å². The Hall–Kier alpha value is -4.18. The number of nitrogens with zero attached hydrogens (tertiary/aromatic N) is 1. The summed E-state index contributed by atoms with van der Waals surface area (Å²) in [6, 6.07) is 15.5. The highest BCUT2D eigenvalue weighted by molar-refractivity contribution is 6.41. The van der Waals surface area contributed by atoms with Crippen LogP contribution >= 0.6 is 11.6 Å². The molecule has 7 nitrogen and oxygen atoms in total. The molecule has 0 aromatic heterocycles. The molecule has 11 heteroatoms. The van der Waals surface area contributed by atoms with Gasteiger partial charge in [0.15, 0.2) is 0 Å². The Morgan fingerprint density at radius 2 is 1.66 bits per heavy atom. The number of ether oxygens (including phenoxy) is 1. The minimum Gasteiger partial charge on any atom is -0.422 e. The summed E-state index contributed by atoms with van der Waals surface area (Å²) >= 11 is 5.81. The Morgan fingerprint density at radius 1 is 0.971 bits per heavy atom. The van der Waals surface area contributed by atoms with Crippen LogP contribution in [0.15, 0.2) is 71.8 Å². The van der Waals surface area contributed by atoms with Crippen LogP contribution in [-0.2, 0) is 15.8 Å². The maximum absolute atomic E-state index is 12.9. The lowest BCUT2D eigenvalue weighted by Gasteiger charge is -2.11. The lowest BCUT2D eigenvalue weighted by atomic mass is 10.1. The van der Waals surface area contributed by atoms with Crippen LogP contribution in [0.25, 0.3) is 0 Å². The van der Waals surface area contributed by atoms with E-state index in [0.29, 0.717) is 17.2 Å². The van der Waals surface area contributed by atoms with E-state index >= 15 is 0 Å². The van der Waals surface area contributed by atoms with Gasteiger partial charge in [0, 0.05) is 5.56 Å². The molecule has 2 N–H and O–H groups in total. The summed E-state index contributed by atoms with van der Waals surface area (Å²) in [5.41, 5.74) is 1.92. The fraction of sp³-hybridized carbons (Fsp3) is 0.0833. The maximum atomic E-state index is 12.9. The Morgan fingerprint density at radius 3 is 2.37 bits per heavy atom. The number of para-hydroxylation sites is 1. The summed E-state index contributed by atoms with van der Waals surface area (Å²) in [4.78, 5) is 36.6. The van der Waals surface area contributed by atoms with Crippen LogP contribution in [0, 0.1) is 6.92 Å². The fourth-order valence-corrected chi connectivity index (χ4v) is 2.99. The van der Waals surface area contributed by atoms with Crippen molar-refractivity contribution in [1.29, 1.82) is 0 Å². The molecule has 0 saturated carbocycles. The third kappa shape index (κ3) is 6.67. The molecule has 0 bridgehead atoms. The molecule has 0 spiro atoms. The number of carbonyl (C=O) groups excluding carboxylic acids is 3. The summed E-state index contributed by atoms with van der Waals surface area (Å²) in [5.74, 6) is -2.99. The van der Waals surface area contributed by atoms with Crippen LogP contribution in [0.3, 0.4) is 0 Å². The van der Waals surface area contributed by atoms with Crippen LogP contribution in [0.4, 0.5) is 18.9 Å². The number of benzene rings is 3. The van der Waals surface area contributed by atoms with Crippen molar-refractivity contribution in [1.82, 2.24) is 5.43 Å². The fourth-order valence-electron chi connectivity index (χ4n) is 2.82. The number of esters is 1. The molecule has 0 heterocycles. The van der Waals surface area contributed by atoms with Crippen molar-refractivity contribution in [2.24, 2.45) is 5.10 Å². The Bertz CT molecular complexity index is 1310. The summed E-state index contributed by atoms with van der Waals surface area (Å²) in [6.07, 6.45) is -3.52. The van der Waals surface area contributed by atoms with Gasteiger partial charge in [0.2, 0.25) is 0 Å². The molecule has 2 amide bonds. The molecule has 0 radical (unpaired) electrons. The van der Waals surface area contributed by atoms with Crippen molar-refractivity contribution >= 4 is 41.3 Å². The van der Waals surface area contributed by atoms with Gasteiger partial charge in [-0.3, -0.25) is 9.59 Å². The van der Waals surface area contributed by atoms with Gasteiger partial charge in [-0.25, -0.2) is 10.2 Å². The van der Waals surface area contributed by atoms with Crippen LogP contribution in [-0.4, -0.2) is 24.0 Å². The number of amides is 2. The van der Waals surface area contributed by atoms with Crippen molar-refractivity contribution < 1.29 is 32.3 Å². The molecule has 0 saturated heterocycles. The number of hydrogen-bond donors (Lipinski definition) is 2. The van der Waals surface area contributed by atoms with Gasteiger partial charge in [0.25, 0.3) is 0 Å². The van der Waals surface area contributed by atoms with Crippen LogP contribution in [0.1, 0.15) is 27.0 Å². The molecule has 3 rings (SSSR count). The van der Waals surface area contributed by atoms with E-state index < -0.39 is 29.5 Å². The molecule has 35 heavy (non-hydrogen) atoms. The van der Waals surface area contributed by atoms with E-state index in [-0.39, 0.29) is 16.5 Å². The third-order valence-electron chi connectivity index (χ3n) is 4.60. The van der Waals surface area contributed by atoms with Gasteiger partial charge in [-0.1, -0.05) is 41.9 Å². The molecule has 180 valence electrons. The van der Waals surface area contributed by atoms with Crippen LogP contribution in [0.5, 0.6) is 5.75 Å². The highest BCUT2D eigenvalue weighted by Crippen LogP contribution is 2.33. The Labute approximate surface area is 202 Å². The second-order valence-corrected chi connectivity index (χ2v) is 7.50. The number of alkyl halides is 3. The van der Waals surface area contributed by atoms with Crippen molar-refractivity contribution in [3.63, 3.8) is 0 Å². The zero-order valence-corrected chi connectivity index (χ0v) is 18.8. The summed E-state index contributed by atoms with van der Waals surface area (Å²) < 4.78 is 44.0. The van der Waals surface area contributed by atoms with E-state index in [1.54, 1.807) is 49.4 Å². The Kier molecular flexibility index (Phi) is 7.87. The molecule has 0 aliphatic rings. The van der Waals surface area contributed by atoms with Gasteiger partial charge in [-0.05, 0) is 48.9 Å². The predicted molar refractivity (Wildman–Crippen MR) is 123 cm³/mol. The lowest BCUT2D eigenvalue weighted by molar-refractivity contribution is -0.137. The molecule has 0 aliphatic carbocycles. The quantitative estimate of drug-likeness (QED) is 0.169. The summed E-state index contributed by atoms with van der Waals surface area (Å²) in [6.45, 7) is 1.76. The third-order valence-corrected chi connectivity index (χ3v) is 4.93. The standard InChI is InChI=1S/C24H17ClF3N3O4/c1-14-6-2-4-8-17(14)23(34)35-20-9-5-3-7-15(20)13-29-31-22(33)21(32)30-19-12-16(24(26,27)28)10-11-18(19)25/h2-13H,1H3,(H,30,32)(H,31,33)/b29-13+. The largest absolute Gasteiger partial charge is 0.422 e. The van der Waals surface area contributed by atoms with Gasteiger partial charge in [0.1, 0.15) is 5.75 Å². The Balaban J connectivity index is 1.66. The second kappa shape index (κ2) is 10.8.